The van der Waals surface area contributed by atoms with Gasteiger partial charge in [-0.15, -0.1) is 0 Å². The van der Waals surface area contributed by atoms with E-state index in [0.29, 0.717) is 10.6 Å². The summed E-state index contributed by atoms with van der Waals surface area (Å²) in [4.78, 5) is 11.1. The Balaban J connectivity index is 2.99. The molecule has 0 N–H and O–H groups in total. The van der Waals surface area contributed by atoms with Gasteiger partial charge in [0.1, 0.15) is 5.67 Å². The number of hydrogen-bond acceptors (Lipinski definition) is 1. The third-order valence-electron chi connectivity index (χ3n) is 2.07. The van der Waals surface area contributed by atoms with Gasteiger partial charge in [-0.25, -0.2) is 4.39 Å². The Kier molecular flexibility index (Phi) is 3.50. The average Bonchev–Trinajstić information content (AvgIpc) is 2.05. The van der Waals surface area contributed by atoms with Gasteiger partial charge in [-0.05, 0) is 32.4 Å². The van der Waals surface area contributed by atoms with Gasteiger partial charge in [-0.1, -0.05) is 23.7 Å². The second-order valence-corrected chi connectivity index (χ2v) is 4.67. The van der Waals surface area contributed by atoms with Crippen molar-refractivity contribution in [3.8, 4) is 0 Å². The maximum Gasteiger partial charge on any atom is 0.159 e. The first-order chi connectivity index (χ1) is 6.79. The highest BCUT2D eigenvalue weighted by Crippen LogP contribution is 2.24. The molecule has 0 heterocycles. The van der Waals surface area contributed by atoms with E-state index in [1.807, 2.05) is 0 Å². The molecule has 1 aromatic rings. The van der Waals surface area contributed by atoms with E-state index < -0.39 is 5.67 Å². The van der Waals surface area contributed by atoms with Crippen molar-refractivity contribution < 1.29 is 9.18 Å². The molecule has 0 amide bonds. The van der Waals surface area contributed by atoms with Crippen molar-refractivity contribution in [2.75, 3.05) is 0 Å². The van der Waals surface area contributed by atoms with Crippen molar-refractivity contribution in [2.45, 2.75) is 32.9 Å². The summed E-state index contributed by atoms with van der Waals surface area (Å²) in [5.41, 5.74) is -0.00365. The Morgan fingerprint density at radius 3 is 2.47 bits per heavy atom. The fraction of sp³-hybridized carbons (Fsp3) is 0.417. The predicted molar refractivity (Wildman–Crippen MR) is 60.3 cm³/mol. The molecule has 0 spiro atoms. The standard InChI is InChI=1S/C12H14ClFO/c1-8(15)9-4-5-10(11(13)6-9)7-12(2,3)14/h4-6H,7H2,1-3H3. The topological polar surface area (TPSA) is 17.1 Å². The predicted octanol–water partition coefficient (Wildman–Crippen LogP) is 3.83. The number of ketones is 1. The highest BCUT2D eigenvalue weighted by molar-refractivity contribution is 6.31. The van der Waals surface area contributed by atoms with Gasteiger partial charge in [-0.3, -0.25) is 4.79 Å². The van der Waals surface area contributed by atoms with Gasteiger partial charge in [0.2, 0.25) is 0 Å². The van der Waals surface area contributed by atoms with Crippen molar-refractivity contribution in [2.24, 2.45) is 0 Å². The van der Waals surface area contributed by atoms with Crippen LogP contribution in [0, 0.1) is 0 Å². The zero-order valence-corrected chi connectivity index (χ0v) is 9.86. The van der Waals surface area contributed by atoms with Crippen molar-refractivity contribution >= 4 is 17.4 Å². The van der Waals surface area contributed by atoms with E-state index in [1.165, 1.54) is 20.8 Å². The molecule has 1 aromatic carbocycles. The molecule has 0 atom stereocenters. The van der Waals surface area contributed by atoms with Crippen LogP contribution in [0.1, 0.15) is 36.7 Å². The van der Waals surface area contributed by atoms with Crippen LogP contribution in [-0.4, -0.2) is 11.5 Å². The lowest BCUT2D eigenvalue weighted by atomic mass is 9.98. The summed E-state index contributed by atoms with van der Waals surface area (Å²) in [6.07, 6.45) is 0.254. The van der Waals surface area contributed by atoms with Crippen LogP contribution < -0.4 is 0 Å². The minimum atomic E-state index is -1.29. The van der Waals surface area contributed by atoms with Gasteiger partial charge in [0.25, 0.3) is 0 Å². The Labute approximate surface area is 94.3 Å². The van der Waals surface area contributed by atoms with Crippen molar-refractivity contribution in [3.63, 3.8) is 0 Å². The number of rotatable bonds is 3. The van der Waals surface area contributed by atoms with Crippen molar-refractivity contribution in [1.29, 1.82) is 0 Å². The van der Waals surface area contributed by atoms with Crippen LogP contribution in [0.3, 0.4) is 0 Å². The van der Waals surface area contributed by atoms with Crippen LogP contribution in [0.15, 0.2) is 18.2 Å². The normalized spacial score (nSPS) is 11.5. The molecule has 0 saturated carbocycles. The molecule has 0 aliphatic heterocycles. The van der Waals surface area contributed by atoms with E-state index in [4.69, 9.17) is 11.6 Å². The molecule has 1 nitrogen and oxygen atoms in total. The van der Waals surface area contributed by atoms with E-state index in [-0.39, 0.29) is 12.2 Å². The first-order valence-electron chi connectivity index (χ1n) is 4.78. The zero-order chi connectivity index (χ0) is 11.6. The molecule has 0 bridgehead atoms. The van der Waals surface area contributed by atoms with Crippen LogP contribution in [0.5, 0.6) is 0 Å². The Morgan fingerprint density at radius 2 is 2.07 bits per heavy atom. The van der Waals surface area contributed by atoms with E-state index in [9.17, 15) is 9.18 Å². The SMILES string of the molecule is CC(=O)c1ccc(CC(C)(C)F)c(Cl)c1. The average molecular weight is 229 g/mol. The smallest absolute Gasteiger partial charge is 0.159 e. The van der Waals surface area contributed by atoms with Gasteiger partial charge >= 0.3 is 0 Å². The summed E-state index contributed by atoms with van der Waals surface area (Å²) in [7, 11) is 0. The Bertz CT molecular complexity index is 380. The highest BCUT2D eigenvalue weighted by Gasteiger charge is 2.18. The minimum Gasteiger partial charge on any atom is -0.295 e. The molecule has 1 rings (SSSR count). The summed E-state index contributed by atoms with van der Waals surface area (Å²) >= 11 is 5.96. The number of Topliss-reactive ketones (excluding diaryl/α,β-unsaturated/α-hetero) is 1. The molecule has 3 heteroatoms. The van der Waals surface area contributed by atoms with Crippen LogP contribution in [0.4, 0.5) is 4.39 Å². The van der Waals surface area contributed by atoms with Gasteiger partial charge < -0.3 is 0 Å². The summed E-state index contributed by atoms with van der Waals surface area (Å²) < 4.78 is 13.4. The maximum atomic E-state index is 13.4. The number of carbonyl (C=O) groups is 1. The molecule has 82 valence electrons. The van der Waals surface area contributed by atoms with Gasteiger partial charge in [-0.2, -0.15) is 0 Å². The minimum absolute atomic E-state index is 0.0389. The van der Waals surface area contributed by atoms with Crippen LogP contribution >= 0.6 is 11.6 Å². The second kappa shape index (κ2) is 4.31. The number of benzene rings is 1. The van der Waals surface area contributed by atoms with Crippen LogP contribution in [0.25, 0.3) is 0 Å². The fourth-order valence-electron chi connectivity index (χ4n) is 1.36. The van der Waals surface area contributed by atoms with Gasteiger partial charge in [0.15, 0.2) is 5.78 Å². The second-order valence-electron chi connectivity index (χ2n) is 4.26. The molecule has 0 unspecified atom stereocenters. The number of hydrogen-bond donors (Lipinski definition) is 0. The monoisotopic (exact) mass is 228 g/mol. The molecular weight excluding hydrogens is 215 g/mol. The fourth-order valence-corrected chi connectivity index (χ4v) is 1.61. The summed E-state index contributed by atoms with van der Waals surface area (Å²) in [5.74, 6) is -0.0389. The van der Waals surface area contributed by atoms with E-state index in [0.717, 1.165) is 5.56 Å². The lowest BCUT2D eigenvalue weighted by Crippen LogP contribution is -2.15. The third-order valence-corrected chi connectivity index (χ3v) is 2.42. The number of halogens is 2. The van der Waals surface area contributed by atoms with Crippen LogP contribution in [0.2, 0.25) is 5.02 Å². The third kappa shape index (κ3) is 3.63. The summed E-state index contributed by atoms with van der Waals surface area (Å²) in [6, 6.07) is 4.97. The molecule has 0 saturated heterocycles. The van der Waals surface area contributed by atoms with Gasteiger partial charge in [0, 0.05) is 17.0 Å². The number of alkyl halides is 1. The van der Waals surface area contributed by atoms with Crippen molar-refractivity contribution in [3.05, 3.63) is 34.3 Å². The molecular formula is C12H14ClFO. The molecule has 15 heavy (non-hydrogen) atoms. The summed E-state index contributed by atoms with van der Waals surface area (Å²) in [6.45, 7) is 4.48. The van der Waals surface area contributed by atoms with Gasteiger partial charge in [0.05, 0.1) is 0 Å². The molecule has 0 aliphatic rings. The van der Waals surface area contributed by atoms with Crippen molar-refractivity contribution in [1.82, 2.24) is 0 Å². The molecule has 0 aromatic heterocycles. The highest BCUT2D eigenvalue weighted by atomic mass is 35.5. The maximum absolute atomic E-state index is 13.4. The first kappa shape index (κ1) is 12.2. The Morgan fingerprint density at radius 1 is 1.47 bits per heavy atom. The molecule has 0 fully saturated rings. The molecule has 0 radical (unpaired) electrons. The van der Waals surface area contributed by atoms with E-state index in [2.05, 4.69) is 0 Å². The van der Waals surface area contributed by atoms with E-state index in [1.54, 1.807) is 18.2 Å². The zero-order valence-electron chi connectivity index (χ0n) is 9.10. The lowest BCUT2D eigenvalue weighted by Gasteiger charge is -2.15. The quantitative estimate of drug-likeness (QED) is 0.719. The van der Waals surface area contributed by atoms with Crippen LogP contribution in [-0.2, 0) is 6.42 Å². The van der Waals surface area contributed by atoms with E-state index >= 15 is 0 Å². The summed E-state index contributed by atoms with van der Waals surface area (Å²) in [5, 5.41) is 0.452. The lowest BCUT2D eigenvalue weighted by molar-refractivity contribution is 0.101. The number of carbonyl (C=O) groups excluding carboxylic acids is 1. The Hall–Kier alpha value is -0.890. The molecule has 0 aliphatic carbocycles. The first-order valence-corrected chi connectivity index (χ1v) is 5.16. The largest absolute Gasteiger partial charge is 0.295 e.